The molecule has 0 fully saturated rings. The van der Waals surface area contributed by atoms with Crippen LogP contribution in [0.4, 0.5) is 0 Å². The third-order valence-corrected chi connectivity index (χ3v) is 3.39. The lowest BCUT2D eigenvalue weighted by Gasteiger charge is -2.04. The molecule has 0 unspecified atom stereocenters. The van der Waals surface area contributed by atoms with Gasteiger partial charge in [-0.1, -0.05) is 25.4 Å². The summed E-state index contributed by atoms with van der Waals surface area (Å²) in [6, 6.07) is 1.97. The fourth-order valence-corrected chi connectivity index (χ4v) is 1.78. The molecule has 2 aromatic rings. The van der Waals surface area contributed by atoms with Gasteiger partial charge in [-0.25, -0.2) is 14.6 Å². The minimum Gasteiger partial charge on any atom is -0.223 e. The van der Waals surface area contributed by atoms with Gasteiger partial charge in [-0.3, -0.25) is 0 Å². The summed E-state index contributed by atoms with van der Waals surface area (Å²) in [5.41, 5.74) is 1.02. The molecule has 6 heteroatoms. The standard InChI is InChI=1S/C10H10BrClN4/c1-6(2)7-3-4-16(15-7)10-8(11)9(12)13-5-14-10/h3-6H,1-2H3. The molecule has 0 bridgehead atoms. The van der Waals surface area contributed by atoms with Crippen molar-refractivity contribution in [2.24, 2.45) is 0 Å². The van der Waals surface area contributed by atoms with Crippen LogP contribution in [0.15, 0.2) is 23.1 Å². The largest absolute Gasteiger partial charge is 0.223 e. The van der Waals surface area contributed by atoms with Gasteiger partial charge >= 0.3 is 0 Å². The second-order valence-electron chi connectivity index (χ2n) is 3.64. The third kappa shape index (κ3) is 2.10. The lowest BCUT2D eigenvalue weighted by molar-refractivity contribution is 0.753. The minimum absolute atomic E-state index is 0.381. The van der Waals surface area contributed by atoms with Crippen LogP contribution in [-0.2, 0) is 0 Å². The first-order valence-corrected chi connectivity index (χ1v) is 5.98. The van der Waals surface area contributed by atoms with Crippen LogP contribution in [0, 0.1) is 0 Å². The molecule has 0 aliphatic heterocycles. The maximum atomic E-state index is 5.89. The Morgan fingerprint density at radius 2 is 2.12 bits per heavy atom. The lowest BCUT2D eigenvalue weighted by atomic mass is 10.1. The highest BCUT2D eigenvalue weighted by molar-refractivity contribution is 9.10. The van der Waals surface area contributed by atoms with E-state index >= 15 is 0 Å². The van der Waals surface area contributed by atoms with E-state index < -0.39 is 0 Å². The Balaban J connectivity index is 2.47. The molecule has 0 amide bonds. The number of hydrogen-bond acceptors (Lipinski definition) is 3. The summed E-state index contributed by atoms with van der Waals surface area (Å²) >= 11 is 9.24. The van der Waals surface area contributed by atoms with E-state index in [-0.39, 0.29) is 0 Å². The molecule has 0 aliphatic rings. The number of halogens is 2. The zero-order chi connectivity index (χ0) is 11.7. The highest BCUT2D eigenvalue weighted by Gasteiger charge is 2.11. The first-order valence-electron chi connectivity index (χ1n) is 4.81. The summed E-state index contributed by atoms with van der Waals surface area (Å²) < 4.78 is 2.34. The summed E-state index contributed by atoms with van der Waals surface area (Å²) in [5, 5.41) is 4.80. The molecule has 0 spiro atoms. The van der Waals surface area contributed by atoms with Crippen LogP contribution >= 0.6 is 27.5 Å². The maximum Gasteiger partial charge on any atom is 0.172 e. The van der Waals surface area contributed by atoms with Crippen molar-refractivity contribution in [3.63, 3.8) is 0 Å². The molecule has 16 heavy (non-hydrogen) atoms. The van der Waals surface area contributed by atoms with Gasteiger partial charge in [0, 0.05) is 6.20 Å². The van der Waals surface area contributed by atoms with Gasteiger partial charge in [-0.15, -0.1) is 0 Å². The van der Waals surface area contributed by atoms with Crippen molar-refractivity contribution in [1.29, 1.82) is 0 Å². The van der Waals surface area contributed by atoms with Crippen LogP contribution in [0.2, 0.25) is 5.15 Å². The molecule has 84 valence electrons. The molecule has 2 rings (SSSR count). The summed E-state index contributed by atoms with van der Waals surface area (Å²) in [7, 11) is 0. The van der Waals surface area contributed by atoms with Gasteiger partial charge < -0.3 is 0 Å². The molecular formula is C10H10BrClN4. The van der Waals surface area contributed by atoms with Crippen LogP contribution in [0.3, 0.4) is 0 Å². The second-order valence-corrected chi connectivity index (χ2v) is 4.79. The molecule has 2 aromatic heterocycles. The van der Waals surface area contributed by atoms with E-state index in [9.17, 15) is 0 Å². The molecule has 0 aromatic carbocycles. The third-order valence-electron chi connectivity index (χ3n) is 2.15. The van der Waals surface area contributed by atoms with Crippen molar-refractivity contribution in [1.82, 2.24) is 19.7 Å². The molecule has 0 aliphatic carbocycles. The molecule has 4 nitrogen and oxygen atoms in total. The zero-order valence-electron chi connectivity index (χ0n) is 8.85. The Morgan fingerprint density at radius 1 is 1.38 bits per heavy atom. The predicted molar refractivity (Wildman–Crippen MR) is 66.0 cm³/mol. The lowest BCUT2D eigenvalue weighted by Crippen LogP contribution is -2.02. The van der Waals surface area contributed by atoms with Crippen molar-refractivity contribution in [2.45, 2.75) is 19.8 Å². The average Bonchev–Trinajstić information content (AvgIpc) is 2.71. The second kappa shape index (κ2) is 4.51. The van der Waals surface area contributed by atoms with Crippen molar-refractivity contribution >= 4 is 27.5 Å². The van der Waals surface area contributed by atoms with E-state index in [0.29, 0.717) is 21.4 Å². The molecule has 0 atom stereocenters. The van der Waals surface area contributed by atoms with Gasteiger partial charge in [0.25, 0.3) is 0 Å². The van der Waals surface area contributed by atoms with Gasteiger partial charge in [-0.2, -0.15) is 5.10 Å². The van der Waals surface area contributed by atoms with Crippen LogP contribution in [-0.4, -0.2) is 19.7 Å². The smallest absolute Gasteiger partial charge is 0.172 e. The normalized spacial score (nSPS) is 11.1. The molecule has 0 N–H and O–H groups in total. The van der Waals surface area contributed by atoms with E-state index in [4.69, 9.17) is 11.6 Å². The fourth-order valence-electron chi connectivity index (χ4n) is 1.26. The van der Waals surface area contributed by atoms with Gasteiger partial charge in [0.15, 0.2) is 5.82 Å². The predicted octanol–water partition coefficient (Wildman–Crippen LogP) is 3.20. The van der Waals surface area contributed by atoms with Gasteiger partial charge in [0.2, 0.25) is 0 Å². The van der Waals surface area contributed by atoms with E-state index in [1.165, 1.54) is 6.33 Å². The number of nitrogens with zero attached hydrogens (tertiary/aromatic N) is 4. The number of rotatable bonds is 2. The average molecular weight is 302 g/mol. The van der Waals surface area contributed by atoms with Crippen molar-refractivity contribution in [3.05, 3.63) is 33.9 Å². The maximum absolute atomic E-state index is 5.89. The molecular weight excluding hydrogens is 291 g/mol. The first kappa shape index (κ1) is 11.5. The molecule has 0 saturated heterocycles. The van der Waals surface area contributed by atoms with Crippen LogP contribution in [0.1, 0.15) is 25.5 Å². The summed E-state index contributed by atoms with van der Waals surface area (Å²) in [6.45, 7) is 4.18. The molecule has 2 heterocycles. The van der Waals surface area contributed by atoms with Gasteiger partial charge in [0.05, 0.1) is 10.2 Å². The molecule has 0 radical (unpaired) electrons. The van der Waals surface area contributed by atoms with Crippen molar-refractivity contribution in [3.8, 4) is 5.82 Å². The van der Waals surface area contributed by atoms with Crippen molar-refractivity contribution in [2.75, 3.05) is 0 Å². The number of hydrogen-bond donors (Lipinski definition) is 0. The number of aromatic nitrogens is 4. The quantitative estimate of drug-likeness (QED) is 0.800. The first-order chi connectivity index (χ1) is 7.59. The highest BCUT2D eigenvalue weighted by Crippen LogP contribution is 2.25. The molecule has 0 saturated carbocycles. The van der Waals surface area contributed by atoms with Crippen molar-refractivity contribution < 1.29 is 0 Å². The SMILES string of the molecule is CC(C)c1ccn(-c2ncnc(Cl)c2Br)n1. The topological polar surface area (TPSA) is 43.6 Å². The van der Waals surface area contributed by atoms with Gasteiger partial charge in [-0.05, 0) is 27.9 Å². The van der Waals surface area contributed by atoms with E-state index in [2.05, 4.69) is 44.8 Å². The summed E-state index contributed by atoms with van der Waals surface area (Å²) in [4.78, 5) is 8.01. The zero-order valence-corrected chi connectivity index (χ0v) is 11.2. The Labute approximate surface area is 107 Å². The van der Waals surface area contributed by atoms with E-state index in [1.807, 2.05) is 12.3 Å². The monoisotopic (exact) mass is 300 g/mol. The van der Waals surface area contributed by atoms with Gasteiger partial charge in [0.1, 0.15) is 11.5 Å². The Hall–Kier alpha value is -0.940. The summed E-state index contributed by atoms with van der Waals surface area (Å²) in [6.07, 6.45) is 3.28. The highest BCUT2D eigenvalue weighted by atomic mass is 79.9. The summed E-state index contributed by atoms with van der Waals surface area (Å²) in [5.74, 6) is 1.03. The fraction of sp³-hybridized carbons (Fsp3) is 0.300. The van der Waals surface area contributed by atoms with Crippen LogP contribution in [0.5, 0.6) is 0 Å². The van der Waals surface area contributed by atoms with E-state index in [0.717, 1.165) is 5.69 Å². The van der Waals surface area contributed by atoms with E-state index in [1.54, 1.807) is 4.68 Å². The Kier molecular flexibility index (Phi) is 3.25. The van der Waals surface area contributed by atoms with Crippen LogP contribution < -0.4 is 0 Å². The van der Waals surface area contributed by atoms with Crippen LogP contribution in [0.25, 0.3) is 5.82 Å². The Bertz CT molecular complexity index is 509. The minimum atomic E-state index is 0.381. The Morgan fingerprint density at radius 3 is 2.75 bits per heavy atom.